The van der Waals surface area contributed by atoms with E-state index in [1.807, 2.05) is 12.1 Å². The molecule has 1 aliphatic carbocycles. The third-order valence-corrected chi connectivity index (χ3v) is 3.61. The van der Waals surface area contributed by atoms with Crippen molar-refractivity contribution in [2.24, 2.45) is 5.92 Å². The van der Waals surface area contributed by atoms with Crippen LogP contribution in [-0.4, -0.2) is 12.0 Å². The normalized spacial score (nSPS) is 16.7. The highest BCUT2D eigenvalue weighted by atomic mass is 16.6. The number of methoxy groups -OCH3 is 1. The molecule has 0 aliphatic heterocycles. The molecule has 0 saturated heterocycles. The lowest BCUT2D eigenvalue weighted by Crippen LogP contribution is -2.02. The smallest absolute Gasteiger partial charge is 0.311 e. The van der Waals surface area contributed by atoms with Crippen LogP contribution in [0.2, 0.25) is 0 Å². The quantitative estimate of drug-likeness (QED) is 0.603. The van der Waals surface area contributed by atoms with Gasteiger partial charge in [0.2, 0.25) is 0 Å². The number of allylic oxidation sites excluding steroid dienone is 1. The number of nitro groups is 1. The Balaban J connectivity index is 2.13. The van der Waals surface area contributed by atoms with Crippen molar-refractivity contribution in [1.82, 2.24) is 0 Å². The third-order valence-electron chi connectivity index (χ3n) is 3.61. The van der Waals surface area contributed by atoms with Gasteiger partial charge in [0, 0.05) is 6.07 Å². The summed E-state index contributed by atoms with van der Waals surface area (Å²) >= 11 is 0. The van der Waals surface area contributed by atoms with E-state index in [1.165, 1.54) is 39.2 Å². The van der Waals surface area contributed by atoms with Crippen molar-refractivity contribution in [1.29, 1.82) is 0 Å². The fourth-order valence-corrected chi connectivity index (χ4v) is 2.53. The number of ether oxygens (including phenoxy) is 1. The third kappa shape index (κ3) is 3.56. The molecule has 19 heavy (non-hydrogen) atoms. The van der Waals surface area contributed by atoms with Gasteiger partial charge in [0.05, 0.1) is 12.0 Å². The number of nitro benzene ring substituents is 1. The molecule has 0 heterocycles. The summed E-state index contributed by atoms with van der Waals surface area (Å²) in [6.45, 7) is 0. The molecule has 1 saturated carbocycles. The Labute approximate surface area is 113 Å². The van der Waals surface area contributed by atoms with Crippen LogP contribution in [0.4, 0.5) is 5.69 Å². The Kier molecular flexibility index (Phi) is 4.55. The molecular formula is C15H19NO3. The molecule has 0 unspecified atom stereocenters. The molecule has 0 radical (unpaired) electrons. The molecular weight excluding hydrogens is 242 g/mol. The summed E-state index contributed by atoms with van der Waals surface area (Å²) in [6.07, 6.45) is 10.5. The van der Waals surface area contributed by atoms with Crippen LogP contribution in [-0.2, 0) is 0 Å². The number of nitrogens with zero attached hydrogens (tertiary/aromatic N) is 1. The van der Waals surface area contributed by atoms with Gasteiger partial charge in [0.1, 0.15) is 0 Å². The van der Waals surface area contributed by atoms with Crippen molar-refractivity contribution < 1.29 is 9.66 Å². The van der Waals surface area contributed by atoms with Crippen LogP contribution in [0.3, 0.4) is 0 Å². The summed E-state index contributed by atoms with van der Waals surface area (Å²) in [5, 5.41) is 10.9. The van der Waals surface area contributed by atoms with Crippen LogP contribution in [0.25, 0.3) is 6.08 Å². The molecule has 0 atom stereocenters. The van der Waals surface area contributed by atoms with Gasteiger partial charge in [-0.3, -0.25) is 10.1 Å². The van der Waals surface area contributed by atoms with Crippen LogP contribution < -0.4 is 4.74 Å². The highest BCUT2D eigenvalue weighted by molar-refractivity contribution is 5.58. The van der Waals surface area contributed by atoms with Gasteiger partial charge in [-0.05, 0) is 30.4 Å². The van der Waals surface area contributed by atoms with E-state index in [0.717, 1.165) is 5.56 Å². The SMILES string of the molecule is COc1ccc(/C=C\C2CCCCC2)cc1[N+](=O)[O-]. The summed E-state index contributed by atoms with van der Waals surface area (Å²) in [7, 11) is 1.44. The van der Waals surface area contributed by atoms with Gasteiger partial charge in [0.15, 0.2) is 5.75 Å². The largest absolute Gasteiger partial charge is 0.490 e. The van der Waals surface area contributed by atoms with Crippen LogP contribution in [0.5, 0.6) is 5.75 Å². The summed E-state index contributed by atoms with van der Waals surface area (Å²) in [5.41, 5.74) is 0.881. The van der Waals surface area contributed by atoms with E-state index in [1.54, 1.807) is 12.1 Å². The first-order chi connectivity index (χ1) is 9.20. The number of rotatable bonds is 4. The monoisotopic (exact) mass is 261 g/mol. The molecule has 0 N–H and O–H groups in total. The van der Waals surface area contributed by atoms with Crippen molar-refractivity contribution in [2.75, 3.05) is 7.11 Å². The molecule has 0 amide bonds. The first-order valence-electron chi connectivity index (χ1n) is 6.71. The fourth-order valence-electron chi connectivity index (χ4n) is 2.53. The lowest BCUT2D eigenvalue weighted by atomic mass is 9.89. The molecule has 102 valence electrons. The topological polar surface area (TPSA) is 52.4 Å². The van der Waals surface area contributed by atoms with Crippen LogP contribution >= 0.6 is 0 Å². The number of hydrogen-bond acceptors (Lipinski definition) is 3. The minimum atomic E-state index is -0.406. The fraction of sp³-hybridized carbons (Fsp3) is 0.467. The van der Waals surface area contributed by atoms with Crippen molar-refractivity contribution >= 4 is 11.8 Å². The standard InChI is InChI=1S/C15H19NO3/c1-19-15-10-9-13(11-14(15)16(17)18)8-7-12-5-3-2-4-6-12/h7-12H,2-6H2,1H3/b8-7-. The summed E-state index contributed by atoms with van der Waals surface area (Å²) < 4.78 is 4.99. The highest BCUT2D eigenvalue weighted by Gasteiger charge is 2.14. The van der Waals surface area contributed by atoms with Gasteiger partial charge in [-0.2, -0.15) is 0 Å². The first kappa shape index (κ1) is 13.6. The van der Waals surface area contributed by atoms with Crippen LogP contribution in [0.15, 0.2) is 24.3 Å². The lowest BCUT2D eigenvalue weighted by molar-refractivity contribution is -0.385. The molecule has 0 spiro atoms. The maximum absolute atomic E-state index is 10.9. The molecule has 4 nitrogen and oxygen atoms in total. The average Bonchev–Trinajstić information content (AvgIpc) is 2.46. The van der Waals surface area contributed by atoms with E-state index in [4.69, 9.17) is 4.74 Å². The Hall–Kier alpha value is -1.84. The van der Waals surface area contributed by atoms with Crippen molar-refractivity contribution in [3.8, 4) is 5.75 Å². The van der Waals surface area contributed by atoms with Crippen LogP contribution in [0.1, 0.15) is 37.7 Å². The molecule has 4 heteroatoms. The van der Waals surface area contributed by atoms with E-state index in [2.05, 4.69) is 6.08 Å². The Bertz CT molecular complexity index is 476. The van der Waals surface area contributed by atoms with E-state index >= 15 is 0 Å². The first-order valence-corrected chi connectivity index (χ1v) is 6.71. The van der Waals surface area contributed by atoms with Crippen molar-refractivity contribution in [3.05, 3.63) is 40.0 Å². The average molecular weight is 261 g/mol. The maximum atomic E-state index is 10.9. The predicted octanol–water partition coefficient (Wildman–Crippen LogP) is 4.20. The van der Waals surface area contributed by atoms with Gasteiger partial charge in [-0.25, -0.2) is 0 Å². The molecule has 2 rings (SSSR count). The number of hydrogen-bond donors (Lipinski definition) is 0. The van der Waals surface area contributed by atoms with Gasteiger partial charge in [0.25, 0.3) is 0 Å². The maximum Gasteiger partial charge on any atom is 0.311 e. The lowest BCUT2D eigenvalue weighted by Gasteiger charge is -2.17. The molecule has 1 fully saturated rings. The molecule has 1 aliphatic rings. The molecule has 1 aromatic rings. The van der Waals surface area contributed by atoms with Gasteiger partial charge >= 0.3 is 5.69 Å². The predicted molar refractivity (Wildman–Crippen MR) is 75.3 cm³/mol. The second-order valence-electron chi connectivity index (χ2n) is 4.95. The van der Waals surface area contributed by atoms with Crippen LogP contribution in [0, 0.1) is 16.0 Å². The Morgan fingerprint density at radius 1 is 1.32 bits per heavy atom. The van der Waals surface area contributed by atoms with E-state index in [9.17, 15) is 10.1 Å². The Morgan fingerprint density at radius 2 is 2.05 bits per heavy atom. The summed E-state index contributed by atoms with van der Waals surface area (Å²) in [4.78, 5) is 10.5. The van der Waals surface area contributed by atoms with Gasteiger partial charge in [-0.15, -0.1) is 0 Å². The van der Waals surface area contributed by atoms with Gasteiger partial charge < -0.3 is 4.74 Å². The molecule has 1 aromatic carbocycles. The van der Waals surface area contributed by atoms with Gasteiger partial charge in [-0.1, -0.05) is 37.5 Å². The summed E-state index contributed by atoms with van der Waals surface area (Å²) in [6, 6.07) is 5.07. The van der Waals surface area contributed by atoms with E-state index in [-0.39, 0.29) is 5.69 Å². The summed E-state index contributed by atoms with van der Waals surface area (Å²) in [5.74, 6) is 0.926. The highest BCUT2D eigenvalue weighted by Crippen LogP contribution is 2.29. The second-order valence-corrected chi connectivity index (χ2v) is 4.95. The minimum Gasteiger partial charge on any atom is -0.490 e. The van der Waals surface area contributed by atoms with E-state index in [0.29, 0.717) is 11.7 Å². The number of benzene rings is 1. The minimum absolute atomic E-state index is 0.0216. The zero-order valence-corrected chi connectivity index (χ0v) is 11.2. The molecule has 0 aromatic heterocycles. The van der Waals surface area contributed by atoms with Crippen molar-refractivity contribution in [2.45, 2.75) is 32.1 Å². The Morgan fingerprint density at radius 3 is 2.68 bits per heavy atom. The second kappa shape index (κ2) is 6.36. The zero-order valence-electron chi connectivity index (χ0n) is 11.2. The molecule has 0 bridgehead atoms. The van der Waals surface area contributed by atoms with Crippen molar-refractivity contribution in [3.63, 3.8) is 0 Å². The van der Waals surface area contributed by atoms with E-state index < -0.39 is 4.92 Å². The zero-order chi connectivity index (χ0) is 13.7.